The molecule has 16 heavy (non-hydrogen) atoms. The molecule has 1 fully saturated rings. The highest BCUT2D eigenvalue weighted by Gasteiger charge is 2.30. The second-order valence-electron chi connectivity index (χ2n) is 3.94. The lowest BCUT2D eigenvalue weighted by molar-refractivity contribution is 0.0857. The van der Waals surface area contributed by atoms with Crippen LogP contribution in [0.4, 0.5) is 4.39 Å². The molecule has 4 heteroatoms. The van der Waals surface area contributed by atoms with Crippen LogP contribution in [-0.4, -0.2) is 25.2 Å². The van der Waals surface area contributed by atoms with E-state index in [4.69, 9.17) is 4.74 Å². The van der Waals surface area contributed by atoms with Gasteiger partial charge in [-0.1, -0.05) is 12.1 Å². The topological polar surface area (TPSA) is 38.3 Å². The van der Waals surface area contributed by atoms with Crippen molar-refractivity contribution in [1.82, 2.24) is 5.32 Å². The van der Waals surface area contributed by atoms with Crippen LogP contribution in [0.5, 0.6) is 5.75 Å². The van der Waals surface area contributed by atoms with Crippen LogP contribution in [0.25, 0.3) is 0 Å². The number of para-hydroxylation sites is 1. The maximum atomic E-state index is 12.6. The third kappa shape index (κ3) is 2.15. The van der Waals surface area contributed by atoms with Crippen molar-refractivity contribution < 1.29 is 13.9 Å². The van der Waals surface area contributed by atoms with Gasteiger partial charge in [-0.3, -0.25) is 4.79 Å². The second-order valence-corrected chi connectivity index (χ2v) is 3.94. The molecule has 3 nitrogen and oxygen atoms in total. The van der Waals surface area contributed by atoms with Gasteiger partial charge in [0.25, 0.3) is 5.91 Å². The molecule has 1 N–H and O–H groups in total. The number of ether oxygens (including phenoxy) is 1. The molecule has 0 radical (unpaired) electrons. The number of methoxy groups -OCH3 is 1. The van der Waals surface area contributed by atoms with Crippen LogP contribution in [0, 0.1) is 0 Å². The molecule has 0 aliphatic heterocycles. The molecule has 1 amide bonds. The van der Waals surface area contributed by atoms with Crippen molar-refractivity contribution in [2.75, 3.05) is 7.11 Å². The Labute approximate surface area is 93.6 Å². The van der Waals surface area contributed by atoms with Crippen LogP contribution < -0.4 is 10.1 Å². The first-order chi connectivity index (χ1) is 7.70. The number of rotatable bonds is 3. The van der Waals surface area contributed by atoms with Gasteiger partial charge >= 0.3 is 0 Å². The fourth-order valence-corrected chi connectivity index (χ4v) is 1.76. The first-order valence-corrected chi connectivity index (χ1v) is 5.28. The minimum Gasteiger partial charge on any atom is -0.496 e. The number of carbonyl (C=O) groups is 1. The highest BCUT2D eigenvalue weighted by atomic mass is 19.1. The Morgan fingerprint density at radius 3 is 2.75 bits per heavy atom. The first-order valence-electron chi connectivity index (χ1n) is 5.28. The number of benzene rings is 1. The molecule has 86 valence electrons. The predicted molar refractivity (Wildman–Crippen MR) is 58.4 cm³/mol. The van der Waals surface area contributed by atoms with Gasteiger partial charge in [-0.2, -0.15) is 0 Å². The van der Waals surface area contributed by atoms with E-state index in [0.717, 1.165) is 0 Å². The molecule has 0 aromatic heterocycles. The standard InChI is InChI=1S/C12H14FNO2/c1-16-11-5-3-2-4-10(11)12(15)14-9-6-8(13)7-9/h2-5,8-9H,6-7H2,1H3,(H,14,15). The molecule has 1 saturated carbocycles. The highest BCUT2D eigenvalue weighted by Crippen LogP contribution is 2.24. The molecular formula is C12H14FNO2. The largest absolute Gasteiger partial charge is 0.496 e. The van der Waals surface area contributed by atoms with Gasteiger partial charge in [0.05, 0.1) is 12.7 Å². The van der Waals surface area contributed by atoms with E-state index in [0.29, 0.717) is 24.2 Å². The Kier molecular flexibility index (Phi) is 3.08. The molecule has 0 spiro atoms. The van der Waals surface area contributed by atoms with Gasteiger partial charge in [0.2, 0.25) is 0 Å². The van der Waals surface area contributed by atoms with Gasteiger partial charge in [-0.25, -0.2) is 4.39 Å². The van der Waals surface area contributed by atoms with Gasteiger partial charge in [0, 0.05) is 6.04 Å². The Balaban J connectivity index is 2.03. The fourth-order valence-electron chi connectivity index (χ4n) is 1.76. The first kappa shape index (κ1) is 10.9. The van der Waals surface area contributed by atoms with Crippen molar-refractivity contribution in [2.45, 2.75) is 25.1 Å². The van der Waals surface area contributed by atoms with Crippen LogP contribution in [0.1, 0.15) is 23.2 Å². The fraction of sp³-hybridized carbons (Fsp3) is 0.417. The number of amides is 1. The third-order valence-electron chi connectivity index (χ3n) is 2.77. The normalized spacial score (nSPS) is 23.4. The van der Waals surface area contributed by atoms with E-state index < -0.39 is 6.17 Å². The monoisotopic (exact) mass is 223 g/mol. The number of hydrogen-bond donors (Lipinski definition) is 1. The van der Waals surface area contributed by atoms with Crippen LogP contribution in [0.2, 0.25) is 0 Å². The van der Waals surface area contributed by atoms with Crippen molar-refractivity contribution in [3.63, 3.8) is 0 Å². The molecule has 1 aliphatic carbocycles. The van der Waals surface area contributed by atoms with Crippen molar-refractivity contribution in [3.05, 3.63) is 29.8 Å². The Hall–Kier alpha value is -1.58. The summed E-state index contributed by atoms with van der Waals surface area (Å²) in [5, 5.41) is 2.78. The average molecular weight is 223 g/mol. The molecule has 2 rings (SSSR count). The zero-order valence-corrected chi connectivity index (χ0v) is 9.07. The summed E-state index contributed by atoms with van der Waals surface area (Å²) in [6, 6.07) is 6.97. The number of hydrogen-bond acceptors (Lipinski definition) is 2. The molecule has 1 aromatic rings. The Bertz CT molecular complexity index is 388. The maximum absolute atomic E-state index is 12.6. The van der Waals surface area contributed by atoms with Gasteiger partial charge in [0.1, 0.15) is 11.9 Å². The van der Waals surface area contributed by atoms with E-state index in [2.05, 4.69) is 5.32 Å². The molecule has 0 unspecified atom stereocenters. The lowest BCUT2D eigenvalue weighted by Crippen LogP contribution is -2.45. The third-order valence-corrected chi connectivity index (χ3v) is 2.77. The summed E-state index contributed by atoms with van der Waals surface area (Å²) in [7, 11) is 1.52. The molecule has 0 saturated heterocycles. The SMILES string of the molecule is COc1ccccc1C(=O)NC1CC(F)C1. The molecule has 1 aromatic carbocycles. The average Bonchev–Trinajstić information content (AvgIpc) is 2.27. The van der Waals surface area contributed by atoms with Crippen molar-refractivity contribution in [3.8, 4) is 5.75 Å². The van der Waals surface area contributed by atoms with Gasteiger partial charge < -0.3 is 10.1 Å². The minimum absolute atomic E-state index is 0.0348. The molecule has 1 aliphatic rings. The number of nitrogens with one attached hydrogen (secondary N) is 1. The highest BCUT2D eigenvalue weighted by molar-refractivity contribution is 5.97. The summed E-state index contributed by atoms with van der Waals surface area (Å²) in [6.45, 7) is 0. The summed E-state index contributed by atoms with van der Waals surface area (Å²) >= 11 is 0. The van der Waals surface area contributed by atoms with Gasteiger partial charge in [-0.15, -0.1) is 0 Å². The van der Waals surface area contributed by atoms with Gasteiger partial charge in [0.15, 0.2) is 0 Å². The zero-order chi connectivity index (χ0) is 11.5. The van der Waals surface area contributed by atoms with Crippen LogP contribution in [-0.2, 0) is 0 Å². The predicted octanol–water partition coefficient (Wildman–Crippen LogP) is 1.93. The molecular weight excluding hydrogens is 209 g/mol. The Morgan fingerprint density at radius 1 is 1.44 bits per heavy atom. The smallest absolute Gasteiger partial charge is 0.255 e. The van der Waals surface area contributed by atoms with E-state index in [9.17, 15) is 9.18 Å². The van der Waals surface area contributed by atoms with Crippen LogP contribution in [0.15, 0.2) is 24.3 Å². The number of halogens is 1. The summed E-state index contributed by atoms with van der Waals surface area (Å²) in [4.78, 5) is 11.8. The maximum Gasteiger partial charge on any atom is 0.255 e. The lowest BCUT2D eigenvalue weighted by atomic mass is 9.90. The van der Waals surface area contributed by atoms with E-state index >= 15 is 0 Å². The van der Waals surface area contributed by atoms with Crippen molar-refractivity contribution in [2.24, 2.45) is 0 Å². The zero-order valence-electron chi connectivity index (χ0n) is 9.07. The molecule has 0 heterocycles. The summed E-state index contributed by atoms with van der Waals surface area (Å²) in [6.07, 6.45) is 0.0740. The van der Waals surface area contributed by atoms with E-state index in [1.165, 1.54) is 7.11 Å². The molecule has 0 bridgehead atoms. The van der Waals surface area contributed by atoms with Gasteiger partial charge in [-0.05, 0) is 25.0 Å². The van der Waals surface area contributed by atoms with Crippen molar-refractivity contribution in [1.29, 1.82) is 0 Å². The van der Waals surface area contributed by atoms with Crippen molar-refractivity contribution >= 4 is 5.91 Å². The van der Waals surface area contributed by atoms with E-state index in [1.807, 2.05) is 0 Å². The van der Waals surface area contributed by atoms with E-state index in [-0.39, 0.29) is 11.9 Å². The van der Waals surface area contributed by atoms with Crippen LogP contribution >= 0.6 is 0 Å². The minimum atomic E-state index is -0.761. The lowest BCUT2D eigenvalue weighted by Gasteiger charge is -2.30. The summed E-state index contributed by atoms with van der Waals surface area (Å²) in [5.41, 5.74) is 0.493. The van der Waals surface area contributed by atoms with Crippen LogP contribution in [0.3, 0.4) is 0 Å². The quantitative estimate of drug-likeness (QED) is 0.850. The molecule has 0 atom stereocenters. The Morgan fingerprint density at radius 2 is 2.12 bits per heavy atom. The van der Waals surface area contributed by atoms with E-state index in [1.54, 1.807) is 24.3 Å². The summed E-state index contributed by atoms with van der Waals surface area (Å²) < 4.78 is 17.7. The second kappa shape index (κ2) is 4.51. The summed E-state index contributed by atoms with van der Waals surface area (Å²) in [5.74, 6) is 0.338. The number of alkyl halides is 1. The number of carbonyl (C=O) groups excluding carboxylic acids is 1.